The van der Waals surface area contributed by atoms with Crippen molar-refractivity contribution in [2.24, 2.45) is 7.05 Å². The summed E-state index contributed by atoms with van der Waals surface area (Å²) in [6, 6.07) is 8.94. The van der Waals surface area contributed by atoms with Crippen LogP contribution in [0.5, 0.6) is 0 Å². The highest BCUT2D eigenvalue weighted by Crippen LogP contribution is 2.21. The molecule has 5 nitrogen and oxygen atoms in total. The predicted octanol–water partition coefficient (Wildman–Crippen LogP) is 2.87. The Kier molecular flexibility index (Phi) is 4.20. The number of aryl methyl sites for hydroxylation is 2. The van der Waals surface area contributed by atoms with Gasteiger partial charge in [0.25, 0.3) is 5.91 Å². The Labute approximate surface area is 125 Å². The van der Waals surface area contributed by atoms with Crippen LogP contribution in [-0.4, -0.2) is 15.7 Å². The third-order valence-corrected chi connectivity index (χ3v) is 3.37. The van der Waals surface area contributed by atoms with E-state index in [1.54, 1.807) is 36.0 Å². The third-order valence-electron chi connectivity index (χ3n) is 2.88. The molecule has 0 aliphatic heterocycles. The molecule has 0 saturated carbocycles. The van der Waals surface area contributed by atoms with Crippen molar-refractivity contribution in [3.8, 4) is 6.07 Å². The molecule has 0 radical (unpaired) electrons. The standard InChI is InChI=1S/C14H13BrN4O/c1-3-11-7-13(19(2)18-11)14(20)17-12-5-4-10(15)6-9(12)8-16/h4-7H,3H2,1-2H3,(H,17,20). The van der Waals surface area contributed by atoms with E-state index < -0.39 is 0 Å². The lowest BCUT2D eigenvalue weighted by Gasteiger charge is -2.07. The summed E-state index contributed by atoms with van der Waals surface area (Å²) < 4.78 is 2.33. The summed E-state index contributed by atoms with van der Waals surface area (Å²) in [5.74, 6) is -0.279. The van der Waals surface area contributed by atoms with Crippen molar-refractivity contribution < 1.29 is 4.79 Å². The largest absolute Gasteiger partial charge is 0.319 e. The average molecular weight is 333 g/mol. The van der Waals surface area contributed by atoms with E-state index in [1.807, 2.05) is 6.92 Å². The lowest BCUT2D eigenvalue weighted by atomic mass is 10.2. The van der Waals surface area contributed by atoms with Crippen LogP contribution in [0.1, 0.15) is 28.7 Å². The van der Waals surface area contributed by atoms with Crippen LogP contribution >= 0.6 is 15.9 Å². The summed E-state index contributed by atoms with van der Waals surface area (Å²) in [4.78, 5) is 12.2. The Balaban J connectivity index is 2.28. The van der Waals surface area contributed by atoms with Crippen molar-refractivity contribution in [3.63, 3.8) is 0 Å². The fourth-order valence-electron chi connectivity index (χ4n) is 1.82. The number of carbonyl (C=O) groups is 1. The number of halogens is 1. The van der Waals surface area contributed by atoms with Crippen molar-refractivity contribution >= 4 is 27.5 Å². The number of nitriles is 1. The minimum atomic E-state index is -0.279. The van der Waals surface area contributed by atoms with Gasteiger partial charge in [0.2, 0.25) is 0 Å². The number of nitrogens with one attached hydrogen (secondary N) is 1. The smallest absolute Gasteiger partial charge is 0.273 e. The molecule has 1 aromatic heterocycles. The molecule has 2 aromatic rings. The molecule has 0 aliphatic carbocycles. The summed E-state index contributed by atoms with van der Waals surface area (Å²) in [6.45, 7) is 1.98. The molecule has 1 aromatic carbocycles. The van der Waals surface area contributed by atoms with E-state index >= 15 is 0 Å². The minimum Gasteiger partial charge on any atom is -0.319 e. The van der Waals surface area contributed by atoms with Crippen molar-refractivity contribution in [1.29, 1.82) is 5.26 Å². The number of hydrogen-bond donors (Lipinski definition) is 1. The summed E-state index contributed by atoms with van der Waals surface area (Å²) in [5, 5.41) is 16.1. The lowest BCUT2D eigenvalue weighted by molar-refractivity contribution is 0.101. The summed E-state index contributed by atoms with van der Waals surface area (Å²) in [7, 11) is 1.72. The van der Waals surface area contributed by atoms with E-state index in [0.717, 1.165) is 16.6 Å². The third kappa shape index (κ3) is 2.89. The number of anilines is 1. The quantitative estimate of drug-likeness (QED) is 0.939. The van der Waals surface area contributed by atoms with Crippen LogP contribution in [0.15, 0.2) is 28.7 Å². The zero-order valence-corrected chi connectivity index (χ0v) is 12.7. The molecule has 0 fully saturated rings. The molecular formula is C14H13BrN4O. The Bertz CT molecular complexity index is 700. The van der Waals surface area contributed by atoms with Crippen molar-refractivity contribution in [2.75, 3.05) is 5.32 Å². The van der Waals surface area contributed by atoms with Gasteiger partial charge in [-0.2, -0.15) is 10.4 Å². The number of nitrogens with zero attached hydrogens (tertiary/aromatic N) is 3. The Morgan fingerprint density at radius 3 is 2.85 bits per heavy atom. The average Bonchev–Trinajstić information content (AvgIpc) is 2.82. The van der Waals surface area contributed by atoms with Crippen LogP contribution in [-0.2, 0) is 13.5 Å². The van der Waals surface area contributed by atoms with Crippen molar-refractivity contribution in [3.05, 3.63) is 45.7 Å². The first-order valence-electron chi connectivity index (χ1n) is 6.09. The summed E-state index contributed by atoms with van der Waals surface area (Å²) in [6.07, 6.45) is 0.767. The van der Waals surface area contributed by atoms with Crippen molar-refractivity contribution in [2.45, 2.75) is 13.3 Å². The second-order valence-corrected chi connectivity index (χ2v) is 5.17. The van der Waals surface area contributed by atoms with Gasteiger partial charge < -0.3 is 5.32 Å². The molecule has 0 unspecified atom stereocenters. The van der Waals surface area contributed by atoms with E-state index in [4.69, 9.17) is 5.26 Å². The molecule has 0 atom stereocenters. The highest BCUT2D eigenvalue weighted by molar-refractivity contribution is 9.10. The molecule has 1 heterocycles. The van der Waals surface area contributed by atoms with Crippen LogP contribution in [0, 0.1) is 11.3 Å². The molecule has 1 amide bonds. The van der Waals surface area contributed by atoms with Crippen molar-refractivity contribution in [1.82, 2.24) is 9.78 Å². The van der Waals surface area contributed by atoms with E-state index in [-0.39, 0.29) is 5.91 Å². The fraction of sp³-hybridized carbons (Fsp3) is 0.214. The Morgan fingerprint density at radius 2 is 2.25 bits per heavy atom. The molecule has 20 heavy (non-hydrogen) atoms. The van der Waals surface area contributed by atoms with Gasteiger partial charge in [0, 0.05) is 11.5 Å². The zero-order chi connectivity index (χ0) is 14.7. The van der Waals surface area contributed by atoms with Gasteiger partial charge in [0.1, 0.15) is 11.8 Å². The molecule has 0 spiro atoms. The maximum atomic E-state index is 12.2. The Hall–Kier alpha value is -2.13. The predicted molar refractivity (Wildman–Crippen MR) is 79.4 cm³/mol. The number of rotatable bonds is 3. The van der Waals surface area contributed by atoms with Gasteiger partial charge in [-0.15, -0.1) is 0 Å². The van der Waals surface area contributed by atoms with Crippen LogP contribution in [0.3, 0.4) is 0 Å². The van der Waals surface area contributed by atoms with Gasteiger partial charge in [-0.05, 0) is 30.7 Å². The first-order valence-corrected chi connectivity index (χ1v) is 6.88. The number of hydrogen-bond acceptors (Lipinski definition) is 3. The number of benzene rings is 1. The van der Waals surface area contributed by atoms with Crippen LogP contribution in [0.4, 0.5) is 5.69 Å². The van der Waals surface area contributed by atoms with E-state index in [9.17, 15) is 4.79 Å². The minimum absolute atomic E-state index is 0.279. The summed E-state index contributed by atoms with van der Waals surface area (Å²) >= 11 is 3.29. The zero-order valence-electron chi connectivity index (χ0n) is 11.1. The second-order valence-electron chi connectivity index (χ2n) is 4.25. The molecule has 6 heteroatoms. The van der Waals surface area contributed by atoms with Gasteiger partial charge in [-0.25, -0.2) is 0 Å². The van der Waals surface area contributed by atoms with Gasteiger partial charge >= 0.3 is 0 Å². The van der Waals surface area contributed by atoms with Gasteiger partial charge in [0.05, 0.1) is 16.9 Å². The van der Waals surface area contributed by atoms with E-state index in [1.165, 1.54) is 0 Å². The highest BCUT2D eigenvalue weighted by Gasteiger charge is 2.14. The fourth-order valence-corrected chi connectivity index (χ4v) is 2.18. The van der Waals surface area contributed by atoms with Crippen LogP contribution in [0.25, 0.3) is 0 Å². The number of carbonyl (C=O) groups excluding carboxylic acids is 1. The van der Waals surface area contributed by atoms with E-state index in [0.29, 0.717) is 16.9 Å². The lowest BCUT2D eigenvalue weighted by Crippen LogP contribution is -2.16. The SMILES string of the molecule is CCc1cc(C(=O)Nc2ccc(Br)cc2C#N)n(C)n1. The molecule has 0 bridgehead atoms. The van der Waals surface area contributed by atoms with Gasteiger partial charge in [0.15, 0.2) is 0 Å². The first-order chi connectivity index (χ1) is 9.55. The number of amides is 1. The van der Waals surface area contributed by atoms with Gasteiger partial charge in [-0.1, -0.05) is 22.9 Å². The van der Waals surface area contributed by atoms with Crippen LogP contribution < -0.4 is 5.32 Å². The topological polar surface area (TPSA) is 70.7 Å². The maximum absolute atomic E-state index is 12.2. The first kappa shape index (κ1) is 14.3. The van der Waals surface area contributed by atoms with Gasteiger partial charge in [-0.3, -0.25) is 9.48 Å². The molecule has 102 valence electrons. The van der Waals surface area contributed by atoms with E-state index in [2.05, 4.69) is 32.4 Å². The monoisotopic (exact) mass is 332 g/mol. The molecule has 0 saturated heterocycles. The molecule has 0 aliphatic rings. The highest BCUT2D eigenvalue weighted by atomic mass is 79.9. The molecular weight excluding hydrogens is 320 g/mol. The normalized spacial score (nSPS) is 10.1. The molecule has 2 rings (SSSR count). The molecule has 1 N–H and O–H groups in total. The van der Waals surface area contributed by atoms with Crippen LogP contribution in [0.2, 0.25) is 0 Å². The summed E-state index contributed by atoms with van der Waals surface area (Å²) in [5.41, 5.74) is 2.22. The maximum Gasteiger partial charge on any atom is 0.273 e. The Morgan fingerprint density at radius 1 is 1.50 bits per heavy atom. The second kappa shape index (κ2) is 5.88. The number of aromatic nitrogens is 2.